The number of likely N-dealkylation sites (tertiary alicyclic amines) is 1. The molecule has 2 fully saturated rings. The van der Waals surface area contributed by atoms with Gasteiger partial charge in [0.05, 0.1) is 6.42 Å². The minimum atomic E-state index is 0.178. The average Bonchev–Trinajstić information content (AvgIpc) is 3.07. The summed E-state index contributed by atoms with van der Waals surface area (Å²) in [5.74, 6) is 0.989. The van der Waals surface area contributed by atoms with Crippen molar-refractivity contribution in [1.82, 2.24) is 19.9 Å². The largest absolute Gasteiger partial charge is 0.342 e. The number of amides is 1. The summed E-state index contributed by atoms with van der Waals surface area (Å²) in [4.78, 5) is 30.0. The molecule has 6 heteroatoms. The van der Waals surface area contributed by atoms with E-state index in [1.807, 2.05) is 29.2 Å². The molecule has 4 heterocycles. The molecule has 0 radical (unpaired) electrons. The Labute approximate surface area is 147 Å². The van der Waals surface area contributed by atoms with Crippen molar-refractivity contribution >= 4 is 11.9 Å². The number of pyridine rings is 1. The van der Waals surface area contributed by atoms with Crippen molar-refractivity contribution in [3.05, 3.63) is 48.5 Å². The zero-order chi connectivity index (χ0) is 17.1. The monoisotopic (exact) mass is 337 g/mol. The molecule has 0 bridgehead atoms. The van der Waals surface area contributed by atoms with Gasteiger partial charge in [-0.15, -0.1) is 0 Å². The number of rotatable bonds is 3. The highest BCUT2D eigenvalue weighted by Gasteiger charge is 2.43. The summed E-state index contributed by atoms with van der Waals surface area (Å²) in [6.07, 6.45) is 9.08. The van der Waals surface area contributed by atoms with Crippen LogP contribution in [0.25, 0.3) is 0 Å². The number of aromatic nitrogens is 3. The van der Waals surface area contributed by atoms with E-state index in [-0.39, 0.29) is 11.3 Å². The van der Waals surface area contributed by atoms with E-state index in [4.69, 9.17) is 0 Å². The second kappa shape index (κ2) is 6.78. The number of nitrogens with zero attached hydrogens (tertiary/aromatic N) is 5. The topological polar surface area (TPSA) is 62.2 Å². The third-order valence-electron chi connectivity index (χ3n) is 5.35. The van der Waals surface area contributed by atoms with Gasteiger partial charge in [0, 0.05) is 55.9 Å². The van der Waals surface area contributed by atoms with Gasteiger partial charge in [-0.1, -0.05) is 6.07 Å². The van der Waals surface area contributed by atoms with Crippen LogP contribution in [0.1, 0.15) is 25.0 Å². The van der Waals surface area contributed by atoms with Crippen molar-refractivity contribution in [2.75, 3.05) is 31.1 Å². The van der Waals surface area contributed by atoms with Gasteiger partial charge < -0.3 is 9.80 Å². The lowest BCUT2D eigenvalue weighted by atomic mass is 9.79. The second-order valence-electron chi connectivity index (χ2n) is 7.14. The van der Waals surface area contributed by atoms with Crippen LogP contribution in [-0.2, 0) is 11.2 Å². The van der Waals surface area contributed by atoms with E-state index in [9.17, 15) is 4.79 Å². The summed E-state index contributed by atoms with van der Waals surface area (Å²) in [6, 6.07) is 7.57. The Bertz CT molecular complexity index is 723. The molecular weight excluding hydrogens is 314 g/mol. The predicted molar refractivity (Wildman–Crippen MR) is 95.1 cm³/mol. The molecule has 0 N–H and O–H groups in total. The summed E-state index contributed by atoms with van der Waals surface area (Å²) >= 11 is 0. The van der Waals surface area contributed by atoms with Gasteiger partial charge in [-0.3, -0.25) is 9.78 Å². The molecule has 25 heavy (non-hydrogen) atoms. The highest BCUT2D eigenvalue weighted by molar-refractivity contribution is 5.78. The van der Waals surface area contributed by atoms with Crippen LogP contribution in [0.4, 0.5) is 5.95 Å². The number of piperidine rings is 1. The molecular formula is C19H23N5O. The van der Waals surface area contributed by atoms with E-state index in [2.05, 4.69) is 19.9 Å². The first-order valence-electron chi connectivity index (χ1n) is 8.94. The van der Waals surface area contributed by atoms with Gasteiger partial charge in [0.2, 0.25) is 11.9 Å². The average molecular weight is 337 g/mol. The normalized spacial score (nSPS) is 23.2. The molecule has 0 aliphatic carbocycles. The molecule has 1 amide bonds. The standard InChI is InChI=1S/C19H23N5O/c25-17(13-16-5-1-2-8-20-16)23-12-7-19(14-23)6-3-11-24(15-19)18-21-9-4-10-22-18/h1-2,4-5,8-10H,3,6-7,11-15H2. The number of carbonyl (C=O) groups is 1. The Balaban J connectivity index is 1.41. The highest BCUT2D eigenvalue weighted by Crippen LogP contribution is 2.39. The fourth-order valence-electron chi connectivity index (χ4n) is 4.08. The predicted octanol–water partition coefficient (Wildman–Crippen LogP) is 1.93. The fraction of sp³-hybridized carbons (Fsp3) is 0.474. The molecule has 1 spiro atoms. The van der Waals surface area contributed by atoms with E-state index in [1.54, 1.807) is 18.6 Å². The Morgan fingerprint density at radius 1 is 1.00 bits per heavy atom. The molecule has 2 aromatic heterocycles. The van der Waals surface area contributed by atoms with Gasteiger partial charge in [-0.05, 0) is 37.5 Å². The molecule has 2 saturated heterocycles. The Morgan fingerprint density at radius 3 is 2.64 bits per heavy atom. The van der Waals surface area contributed by atoms with Crippen LogP contribution in [0.3, 0.4) is 0 Å². The quantitative estimate of drug-likeness (QED) is 0.856. The van der Waals surface area contributed by atoms with E-state index in [0.717, 1.165) is 50.7 Å². The van der Waals surface area contributed by atoms with Crippen molar-refractivity contribution < 1.29 is 4.79 Å². The molecule has 1 unspecified atom stereocenters. The van der Waals surface area contributed by atoms with Gasteiger partial charge in [-0.2, -0.15) is 0 Å². The molecule has 130 valence electrons. The number of anilines is 1. The first-order chi connectivity index (χ1) is 12.2. The molecule has 2 aliphatic heterocycles. The van der Waals surface area contributed by atoms with Crippen LogP contribution < -0.4 is 4.90 Å². The summed E-state index contributed by atoms with van der Waals surface area (Å²) in [6.45, 7) is 3.61. The second-order valence-corrected chi connectivity index (χ2v) is 7.14. The minimum Gasteiger partial charge on any atom is -0.342 e. The van der Waals surface area contributed by atoms with Gasteiger partial charge in [0.25, 0.3) is 0 Å². The van der Waals surface area contributed by atoms with Crippen LogP contribution in [0.5, 0.6) is 0 Å². The summed E-state index contributed by atoms with van der Waals surface area (Å²) in [5.41, 5.74) is 1.02. The van der Waals surface area contributed by atoms with E-state index < -0.39 is 0 Å². The molecule has 6 nitrogen and oxygen atoms in total. The van der Waals surface area contributed by atoms with Gasteiger partial charge >= 0.3 is 0 Å². The number of carbonyl (C=O) groups excluding carboxylic acids is 1. The van der Waals surface area contributed by atoms with Crippen molar-refractivity contribution in [2.45, 2.75) is 25.7 Å². The third kappa shape index (κ3) is 3.48. The lowest BCUT2D eigenvalue weighted by molar-refractivity contribution is -0.129. The maximum Gasteiger partial charge on any atom is 0.228 e. The highest BCUT2D eigenvalue weighted by atomic mass is 16.2. The first kappa shape index (κ1) is 16.0. The van der Waals surface area contributed by atoms with Crippen molar-refractivity contribution in [2.24, 2.45) is 5.41 Å². The van der Waals surface area contributed by atoms with Crippen LogP contribution in [0.2, 0.25) is 0 Å². The zero-order valence-electron chi connectivity index (χ0n) is 14.3. The molecule has 2 aromatic rings. The SMILES string of the molecule is O=C(Cc1ccccn1)N1CCC2(CCCN(c3ncccn3)C2)C1. The van der Waals surface area contributed by atoms with E-state index in [1.165, 1.54) is 6.42 Å². The van der Waals surface area contributed by atoms with E-state index in [0.29, 0.717) is 6.42 Å². The zero-order valence-corrected chi connectivity index (χ0v) is 14.3. The van der Waals surface area contributed by atoms with Crippen LogP contribution in [0, 0.1) is 5.41 Å². The van der Waals surface area contributed by atoms with E-state index >= 15 is 0 Å². The summed E-state index contributed by atoms with van der Waals surface area (Å²) in [7, 11) is 0. The molecule has 1 atom stereocenters. The number of hydrogen-bond donors (Lipinski definition) is 0. The van der Waals surface area contributed by atoms with Crippen LogP contribution >= 0.6 is 0 Å². The lowest BCUT2D eigenvalue weighted by Crippen LogP contribution is -2.46. The van der Waals surface area contributed by atoms with Crippen molar-refractivity contribution in [3.63, 3.8) is 0 Å². The van der Waals surface area contributed by atoms with Crippen LogP contribution in [0.15, 0.2) is 42.9 Å². The van der Waals surface area contributed by atoms with Gasteiger partial charge in [0.1, 0.15) is 0 Å². The molecule has 4 rings (SSSR count). The Morgan fingerprint density at radius 2 is 1.84 bits per heavy atom. The van der Waals surface area contributed by atoms with Gasteiger partial charge in [-0.25, -0.2) is 9.97 Å². The lowest BCUT2D eigenvalue weighted by Gasteiger charge is -2.40. The fourth-order valence-corrected chi connectivity index (χ4v) is 4.08. The molecule has 0 saturated carbocycles. The third-order valence-corrected chi connectivity index (χ3v) is 5.35. The minimum absolute atomic E-state index is 0.178. The van der Waals surface area contributed by atoms with Crippen molar-refractivity contribution in [1.29, 1.82) is 0 Å². The smallest absolute Gasteiger partial charge is 0.228 e. The number of hydrogen-bond acceptors (Lipinski definition) is 5. The molecule has 0 aromatic carbocycles. The summed E-state index contributed by atoms with van der Waals surface area (Å²) in [5, 5.41) is 0. The molecule has 2 aliphatic rings. The van der Waals surface area contributed by atoms with Crippen LogP contribution in [-0.4, -0.2) is 51.9 Å². The maximum atomic E-state index is 12.6. The van der Waals surface area contributed by atoms with Crippen molar-refractivity contribution in [3.8, 4) is 0 Å². The van der Waals surface area contributed by atoms with Gasteiger partial charge in [0.15, 0.2) is 0 Å². The Hall–Kier alpha value is -2.50. The maximum absolute atomic E-state index is 12.6. The summed E-state index contributed by atoms with van der Waals surface area (Å²) < 4.78 is 0. The Kier molecular flexibility index (Phi) is 4.34. The first-order valence-corrected chi connectivity index (χ1v) is 8.94.